The van der Waals surface area contributed by atoms with Gasteiger partial charge in [-0.3, -0.25) is 4.79 Å². The van der Waals surface area contributed by atoms with Crippen LogP contribution in [-0.2, 0) is 4.79 Å². The van der Waals surface area contributed by atoms with E-state index in [0.29, 0.717) is 12.1 Å². The SMILES string of the molecule is CC.CCC(N=[N+]=N)C(=O)Nc1cnc(Cl)cc1Cl. The topological polar surface area (TPSA) is 92.3 Å². The summed E-state index contributed by atoms with van der Waals surface area (Å²) in [6, 6.07) is 0.713. The molecule has 0 aliphatic heterocycles. The van der Waals surface area contributed by atoms with Gasteiger partial charge in [0.05, 0.1) is 16.9 Å². The summed E-state index contributed by atoms with van der Waals surface area (Å²) in [7, 11) is 0. The molecule has 2 N–H and O–H groups in total. The lowest BCUT2D eigenvalue weighted by molar-refractivity contribution is -0.117. The van der Waals surface area contributed by atoms with Gasteiger partial charge in [0.2, 0.25) is 11.0 Å². The Kier molecular flexibility index (Phi) is 8.70. The summed E-state index contributed by atoms with van der Waals surface area (Å²) in [6.07, 6.45) is 1.79. The summed E-state index contributed by atoms with van der Waals surface area (Å²) in [6.45, 7) is 5.76. The number of rotatable bonds is 4. The molecule has 1 unspecified atom stereocenters. The highest BCUT2D eigenvalue weighted by Gasteiger charge is 2.21. The monoisotopic (exact) mass is 304 g/mol. The van der Waals surface area contributed by atoms with Gasteiger partial charge in [-0.15, -0.1) is 0 Å². The molecule has 0 aliphatic carbocycles. The Morgan fingerprint density at radius 3 is 2.68 bits per heavy atom. The van der Waals surface area contributed by atoms with Gasteiger partial charge in [-0.2, -0.15) is 0 Å². The number of aromatic nitrogens is 1. The molecule has 1 rings (SSSR count). The van der Waals surface area contributed by atoms with Crippen LogP contribution in [0, 0.1) is 5.53 Å². The maximum atomic E-state index is 11.7. The average Bonchev–Trinajstić information content (AvgIpc) is 2.41. The van der Waals surface area contributed by atoms with Crippen molar-refractivity contribution in [2.45, 2.75) is 33.2 Å². The minimum atomic E-state index is -0.709. The summed E-state index contributed by atoms with van der Waals surface area (Å²) in [5.41, 5.74) is 6.95. The summed E-state index contributed by atoms with van der Waals surface area (Å²) in [4.78, 5) is 18.4. The molecule has 1 aromatic heterocycles. The molecular weight excluding hydrogens is 289 g/mol. The molecule has 1 aromatic rings. The zero-order chi connectivity index (χ0) is 14.8. The van der Waals surface area contributed by atoms with Crippen LogP contribution in [0.2, 0.25) is 10.2 Å². The van der Waals surface area contributed by atoms with E-state index in [9.17, 15) is 4.79 Å². The van der Waals surface area contributed by atoms with Crippen molar-refractivity contribution in [1.82, 2.24) is 9.90 Å². The number of anilines is 1. The van der Waals surface area contributed by atoms with Crippen molar-refractivity contribution in [2.24, 2.45) is 5.11 Å². The van der Waals surface area contributed by atoms with Gasteiger partial charge in [-0.25, -0.2) is 4.98 Å². The Balaban J connectivity index is 0.00000154. The van der Waals surface area contributed by atoms with E-state index in [-0.39, 0.29) is 10.2 Å². The van der Waals surface area contributed by atoms with Crippen LogP contribution in [0.3, 0.4) is 0 Å². The maximum absolute atomic E-state index is 11.7. The van der Waals surface area contributed by atoms with Gasteiger partial charge >= 0.3 is 0 Å². The lowest BCUT2D eigenvalue weighted by Crippen LogP contribution is -2.25. The van der Waals surface area contributed by atoms with E-state index in [1.807, 2.05) is 13.8 Å². The van der Waals surface area contributed by atoms with Crippen LogP contribution in [0.5, 0.6) is 0 Å². The molecule has 0 saturated heterocycles. The number of amides is 1. The van der Waals surface area contributed by atoms with Gasteiger partial charge in [0, 0.05) is 0 Å². The molecule has 0 aliphatic rings. The summed E-state index contributed by atoms with van der Waals surface area (Å²) in [5, 5.41) is 6.55. The number of nitrogens with one attached hydrogen (secondary N) is 2. The first-order valence-corrected chi connectivity index (χ1v) is 6.52. The Morgan fingerprint density at radius 2 is 2.21 bits per heavy atom. The fourth-order valence-electron chi connectivity index (χ4n) is 1.10. The number of hydrogen-bond acceptors (Lipinski definition) is 4. The summed E-state index contributed by atoms with van der Waals surface area (Å²) >= 11 is 11.5. The van der Waals surface area contributed by atoms with Crippen LogP contribution < -0.4 is 10.2 Å². The smallest absolute Gasteiger partial charge is 0.256 e. The Hall–Kier alpha value is -1.49. The second-order valence-corrected chi connectivity index (χ2v) is 3.91. The lowest BCUT2D eigenvalue weighted by atomic mass is 10.2. The molecule has 19 heavy (non-hydrogen) atoms. The zero-order valence-electron chi connectivity index (χ0n) is 10.9. The quantitative estimate of drug-likeness (QED) is 0.504. The van der Waals surface area contributed by atoms with E-state index in [4.69, 9.17) is 28.7 Å². The van der Waals surface area contributed by atoms with Crippen molar-refractivity contribution in [3.8, 4) is 0 Å². The van der Waals surface area contributed by atoms with Gasteiger partial charge < -0.3 is 5.32 Å². The minimum absolute atomic E-state index is 0.242. The molecule has 0 aromatic carbocycles. The molecule has 104 valence electrons. The van der Waals surface area contributed by atoms with Crippen LogP contribution in [0.25, 0.3) is 0 Å². The predicted octanol–water partition coefficient (Wildman–Crippen LogP) is 3.68. The fourth-order valence-corrected chi connectivity index (χ4v) is 1.52. The number of carbonyl (C=O) groups is 1. The normalized spacial score (nSPS) is 10.6. The molecular formula is C11H16Cl2N5O+. The Labute approximate surface area is 121 Å². The average molecular weight is 305 g/mol. The van der Waals surface area contributed by atoms with E-state index in [1.54, 1.807) is 6.92 Å². The number of pyridine rings is 1. The fraction of sp³-hybridized carbons (Fsp3) is 0.455. The minimum Gasteiger partial charge on any atom is -0.321 e. The first-order chi connectivity index (χ1) is 9.08. The predicted molar refractivity (Wildman–Crippen MR) is 75.6 cm³/mol. The lowest BCUT2D eigenvalue weighted by Gasteiger charge is -2.07. The molecule has 6 nitrogen and oxygen atoms in total. The number of halogens is 2. The first-order valence-electron chi connectivity index (χ1n) is 5.77. The van der Waals surface area contributed by atoms with E-state index < -0.39 is 11.9 Å². The largest absolute Gasteiger partial charge is 0.321 e. The highest BCUT2D eigenvalue weighted by atomic mass is 35.5. The van der Waals surface area contributed by atoms with Gasteiger partial charge in [0.25, 0.3) is 5.91 Å². The maximum Gasteiger partial charge on any atom is 0.256 e. The van der Waals surface area contributed by atoms with Gasteiger partial charge in [-0.05, 0) is 12.5 Å². The van der Waals surface area contributed by atoms with Crippen molar-refractivity contribution in [2.75, 3.05) is 5.32 Å². The van der Waals surface area contributed by atoms with E-state index in [1.165, 1.54) is 12.3 Å². The van der Waals surface area contributed by atoms with Crippen molar-refractivity contribution in [3.63, 3.8) is 0 Å². The second-order valence-electron chi connectivity index (χ2n) is 3.12. The molecule has 0 saturated carbocycles. The van der Waals surface area contributed by atoms with E-state index >= 15 is 0 Å². The number of carbonyl (C=O) groups excluding carboxylic acids is 1. The van der Waals surface area contributed by atoms with Crippen LogP contribution >= 0.6 is 23.2 Å². The molecule has 0 bridgehead atoms. The highest BCUT2D eigenvalue weighted by Crippen LogP contribution is 2.23. The highest BCUT2D eigenvalue weighted by molar-refractivity contribution is 6.36. The van der Waals surface area contributed by atoms with Crippen molar-refractivity contribution >= 4 is 34.8 Å². The van der Waals surface area contributed by atoms with Crippen molar-refractivity contribution in [1.29, 1.82) is 5.53 Å². The molecule has 0 spiro atoms. The van der Waals surface area contributed by atoms with E-state index in [2.05, 4.69) is 20.3 Å². The Morgan fingerprint density at radius 1 is 1.58 bits per heavy atom. The molecule has 1 heterocycles. The molecule has 1 amide bonds. The molecule has 0 radical (unpaired) electrons. The van der Waals surface area contributed by atoms with Crippen LogP contribution in [0.1, 0.15) is 27.2 Å². The second kappa shape index (κ2) is 9.44. The molecule has 8 heteroatoms. The summed E-state index contributed by atoms with van der Waals surface area (Å²) in [5.74, 6) is -0.394. The first kappa shape index (κ1) is 17.5. The van der Waals surface area contributed by atoms with Gasteiger partial charge in [-0.1, -0.05) is 44.0 Å². The van der Waals surface area contributed by atoms with Gasteiger partial charge in [0.15, 0.2) is 0 Å². The van der Waals surface area contributed by atoms with Crippen LogP contribution in [0.15, 0.2) is 17.4 Å². The molecule has 1 atom stereocenters. The molecule has 0 fully saturated rings. The van der Waals surface area contributed by atoms with Crippen molar-refractivity contribution < 1.29 is 4.79 Å². The van der Waals surface area contributed by atoms with Crippen LogP contribution in [0.4, 0.5) is 5.69 Å². The third-order valence-electron chi connectivity index (χ3n) is 1.96. The standard InChI is InChI=1S/C9H9Cl2N5O.C2H6/c1-2-6(15-16-12)9(17)14-7-4-13-8(11)3-5(7)10;1-2/h3-4,6,12H,2H2,1H3;1-2H3/p+1. The van der Waals surface area contributed by atoms with Crippen molar-refractivity contribution in [3.05, 3.63) is 22.4 Å². The third-order valence-corrected chi connectivity index (χ3v) is 2.48. The van der Waals surface area contributed by atoms with Gasteiger partial charge in [0.1, 0.15) is 15.8 Å². The van der Waals surface area contributed by atoms with E-state index in [0.717, 1.165) is 0 Å². The van der Waals surface area contributed by atoms with Crippen LogP contribution in [-0.4, -0.2) is 16.9 Å². The number of hydrogen-bond donors (Lipinski definition) is 2. The summed E-state index contributed by atoms with van der Waals surface area (Å²) < 4.78 is 0. The number of nitrogens with zero attached hydrogens (tertiary/aromatic N) is 3. The zero-order valence-corrected chi connectivity index (χ0v) is 12.5. The third kappa shape index (κ3) is 5.79. The Bertz CT molecular complexity index is 474.